The summed E-state index contributed by atoms with van der Waals surface area (Å²) in [5, 5.41) is 14.0. The van der Waals surface area contributed by atoms with Gasteiger partial charge in [-0.25, -0.2) is 0 Å². The van der Waals surface area contributed by atoms with Gasteiger partial charge in [0.05, 0.1) is 6.42 Å². The number of hydrogen-bond acceptors (Lipinski definition) is 4. The number of alkyl halides is 3. The molecule has 0 aliphatic carbocycles. The molecule has 1 fully saturated rings. The summed E-state index contributed by atoms with van der Waals surface area (Å²) in [5.74, 6) is -1.22. The Morgan fingerprint density at radius 3 is 2.51 bits per heavy atom. The average molecular weight is 577 g/mol. The molecule has 191 valence electrons. The zero-order chi connectivity index (χ0) is 25.6. The monoisotopic (exact) mass is 576 g/mol. The molecule has 1 heterocycles. The average Bonchev–Trinajstić information content (AvgIpc) is 2.78. The Balaban J connectivity index is 1.66. The second-order valence-corrected chi connectivity index (χ2v) is 11.3. The van der Waals surface area contributed by atoms with Gasteiger partial charge in [0.1, 0.15) is 0 Å². The third-order valence-electron chi connectivity index (χ3n) is 5.60. The maximum absolute atomic E-state index is 14.7. The molecule has 35 heavy (non-hydrogen) atoms. The summed E-state index contributed by atoms with van der Waals surface area (Å²) in [6, 6.07) is 9.47. The van der Waals surface area contributed by atoms with E-state index in [1.165, 1.54) is 12.1 Å². The van der Waals surface area contributed by atoms with Gasteiger partial charge in [0.2, 0.25) is 0 Å². The molecule has 0 spiro atoms. The first kappa shape index (κ1) is 27.8. The van der Waals surface area contributed by atoms with E-state index in [2.05, 4.69) is 5.32 Å². The van der Waals surface area contributed by atoms with Gasteiger partial charge in [0.25, 0.3) is 0 Å². The van der Waals surface area contributed by atoms with Crippen molar-refractivity contribution in [3.63, 3.8) is 0 Å². The van der Waals surface area contributed by atoms with Crippen molar-refractivity contribution < 1.29 is 27.5 Å². The third-order valence-corrected chi connectivity index (χ3v) is 8.72. The van der Waals surface area contributed by atoms with Crippen LogP contribution < -0.4 is 10.2 Å². The number of carbonyl (C=O) groups is 1. The molecule has 1 aliphatic rings. The van der Waals surface area contributed by atoms with Crippen molar-refractivity contribution in [3.05, 3.63) is 58.4 Å². The van der Waals surface area contributed by atoms with Crippen molar-refractivity contribution in [1.82, 2.24) is 4.90 Å². The van der Waals surface area contributed by atoms with E-state index >= 15 is 0 Å². The van der Waals surface area contributed by atoms with E-state index in [1.807, 2.05) is 4.90 Å². The fourth-order valence-corrected chi connectivity index (χ4v) is 5.96. The predicted octanol–water partition coefficient (Wildman–Crippen LogP) is 4.81. The van der Waals surface area contributed by atoms with Crippen LogP contribution in [0.1, 0.15) is 29.3 Å². The fraction of sp³-hybridized carbons (Fsp3) is 0.458. The van der Waals surface area contributed by atoms with Crippen molar-refractivity contribution >= 4 is 44.6 Å². The van der Waals surface area contributed by atoms with Crippen molar-refractivity contribution in [3.8, 4) is 0 Å². The van der Waals surface area contributed by atoms with E-state index in [0.29, 0.717) is 53.0 Å². The Kier molecular flexibility index (Phi) is 9.87. The van der Waals surface area contributed by atoms with Crippen LogP contribution in [-0.2, 0) is 5.21 Å². The standard InChI is InChI=1S/C24H28AsClF4N3O2/c1-16(34)14-25-15-17-2-4-19(20(27)12-17)23(35)31-21-5-3-18(26)13-22(21)33-10-8-32(9-11-33)7-6-24(28,29)30/h2-5,12-13,16,34H,6-11,14-15H2,1H3,(H,31,35)/t16-/m1/s1. The molecule has 0 bridgehead atoms. The molecule has 2 N–H and O–H groups in total. The van der Waals surface area contributed by atoms with Gasteiger partial charge >= 0.3 is 183 Å². The van der Waals surface area contributed by atoms with Gasteiger partial charge in [-0.15, -0.1) is 0 Å². The van der Waals surface area contributed by atoms with E-state index < -0.39 is 24.3 Å². The number of halogens is 5. The molecule has 1 amide bonds. The predicted molar refractivity (Wildman–Crippen MR) is 131 cm³/mol. The Hall–Kier alpha value is -1.80. The summed E-state index contributed by atoms with van der Waals surface area (Å²) in [5.41, 5.74) is 1.79. The number of anilines is 2. The minimum atomic E-state index is -4.19. The summed E-state index contributed by atoms with van der Waals surface area (Å²) >= 11 is 6.03. The molecule has 11 heteroatoms. The number of carbonyl (C=O) groups excluding carboxylic acids is 1. The first-order valence-electron chi connectivity index (χ1n) is 11.3. The van der Waals surface area contributed by atoms with Crippen molar-refractivity contribution in [2.45, 2.75) is 36.0 Å². The third kappa shape index (κ3) is 8.67. The summed E-state index contributed by atoms with van der Waals surface area (Å²) in [6.07, 6.45) is -5.41. The van der Waals surface area contributed by atoms with Crippen molar-refractivity contribution in [2.75, 3.05) is 42.9 Å². The summed E-state index contributed by atoms with van der Waals surface area (Å²) in [4.78, 5) is 16.6. The minimum absolute atomic E-state index is 0.0491. The Labute approximate surface area is 214 Å². The van der Waals surface area contributed by atoms with Gasteiger partial charge in [-0.1, -0.05) is 0 Å². The molecule has 3 rings (SSSR count). The molecule has 2 aromatic rings. The number of benzene rings is 2. The van der Waals surface area contributed by atoms with E-state index in [0.717, 1.165) is 5.56 Å². The molecule has 2 aromatic carbocycles. The van der Waals surface area contributed by atoms with Crippen LogP contribution in [0.2, 0.25) is 10.2 Å². The molecule has 0 unspecified atom stereocenters. The molecule has 0 aromatic heterocycles. The van der Waals surface area contributed by atoms with Gasteiger partial charge in [-0.3, -0.25) is 4.90 Å². The molecular weight excluding hydrogens is 549 g/mol. The zero-order valence-corrected chi connectivity index (χ0v) is 21.9. The van der Waals surface area contributed by atoms with Crippen LogP contribution in [0.15, 0.2) is 36.4 Å². The number of amides is 1. The van der Waals surface area contributed by atoms with E-state index in [1.54, 1.807) is 36.1 Å². The number of piperazine rings is 1. The Morgan fingerprint density at radius 2 is 1.89 bits per heavy atom. The van der Waals surface area contributed by atoms with E-state index in [9.17, 15) is 27.5 Å². The van der Waals surface area contributed by atoms with Gasteiger partial charge in [0.15, 0.2) is 0 Å². The molecule has 1 radical (unpaired) electrons. The second-order valence-electron chi connectivity index (χ2n) is 8.54. The molecule has 5 nitrogen and oxygen atoms in total. The SMILES string of the molecule is C[C@@H](O)C[As]Cc1ccc(C(=O)Nc2ccc(Cl)cc2N2CCN(CCC(F)(F)F)CC2)c(F)c1. The Morgan fingerprint density at radius 1 is 1.17 bits per heavy atom. The number of aliphatic hydroxyl groups is 1. The van der Waals surface area contributed by atoms with E-state index in [-0.39, 0.29) is 34.0 Å². The number of nitrogens with zero attached hydrogens (tertiary/aromatic N) is 2. The normalized spacial score (nSPS) is 16.1. The topological polar surface area (TPSA) is 55.8 Å². The Bertz CT molecular complexity index is 1010. The van der Waals surface area contributed by atoms with Crippen LogP contribution in [0.3, 0.4) is 0 Å². The number of rotatable bonds is 9. The number of nitrogens with one attached hydrogen (secondary N) is 1. The van der Waals surface area contributed by atoms with Crippen LogP contribution in [0.4, 0.5) is 28.9 Å². The van der Waals surface area contributed by atoms with Crippen LogP contribution in [0.25, 0.3) is 0 Å². The van der Waals surface area contributed by atoms with Crippen molar-refractivity contribution in [2.24, 2.45) is 0 Å². The molecule has 1 atom stereocenters. The quantitative estimate of drug-likeness (QED) is 0.332. The van der Waals surface area contributed by atoms with Gasteiger partial charge in [-0.2, -0.15) is 13.2 Å². The maximum atomic E-state index is 14.7. The fourth-order valence-electron chi connectivity index (χ4n) is 3.78. The van der Waals surface area contributed by atoms with E-state index in [4.69, 9.17) is 11.6 Å². The molecular formula is C24H28AsClF4N3O2. The first-order chi connectivity index (χ1) is 16.5. The summed E-state index contributed by atoms with van der Waals surface area (Å²) in [6.45, 7) is 3.51. The number of aliphatic hydroxyl groups excluding tert-OH is 1. The van der Waals surface area contributed by atoms with Crippen molar-refractivity contribution in [1.29, 1.82) is 0 Å². The second kappa shape index (κ2) is 12.4. The van der Waals surface area contributed by atoms with Crippen LogP contribution >= 0.6 is 11.6 Å². The van der Waals surface area contributed by atoms with Crippen LogP contribution in [-0.4, -0.2) is 76.7 Å². The van der Waals surface area contributed by atoms with Gasteiger partial charge < -0.3 is 0 Å². The summed E-state index contributed by atoms with van der Waals surface area (Å²) < 4.78 is 52.2. The first-order valence-corrected chi connectivity index (χ1v) is 14.3. The van der Waals surface area contributed by atoms with Gasteiger partial charge in [0, 0.05) is 6.54 Å². The van der Waals surface area contributed by atoms with Gasteiger partial charge in [-0.05, 0) is 0 Å². The van der Waals surface area contributed by atoms with Crippen LogP contribution in [0, 0.1) is 5.82 Å². The van der Waals surface area contributed by atoms with Crippen LogP contribution in [0.5, 0.6) is 0 Å². The molecule has 0 saturated carbocycles. The molecule has 1 saturated heterocycles. The molecule has 1 aliphatic heterocycles. The zero-order valence-electron chi connectivity index (χ0n) is 19.3. The summed E-state index contributed by atoms with van der Waals surface area (Å²) in [7, 11) is 0. The number of hydrogen-bond donors (Lipinski definition) is 2.